The van der Waals surface area contributed by atoms with Gasteiger partial charge in [0, 0.05) is 53.2 Å². The van der Waals surface area contributed by atoms with Crippen molar-refractivity contribution in [2.24, 2.45) is 0 Å². The maximum atomic E-state index is 12.3. The highest BCUT2D eigenvalue weighted by atomic mass is 79.9. The molecule has 1 aliphatic rings. The van der Waals surface area contributed by atoms with Gasteiger partial charge in [-0.05, 0) is 36.6 Å². The Morgan fingerprint density at radius 3 is 3.08 bits per heavy atom. The standard InChI is InChI=1S/C19H21BrN4O/c1-2-3-18-22-17-11-24(7-6-14(17)19(25)23-18)10-12-9-21-16-5-4-13(20)8-15(12)16/h4-5,8-9,21H,2-3,6-7,10-11H2,1H3,(H,22,23,25). The Hall–Kier alpha value is -1.92. The first kappa shape index (κ1) is 16.5. The summed E-state index contributed by atoms with van der Waals surface area (Å²) in [6.45, 7) is 4.57. The predicted octanol–water partition coefficient (Wildman–Crippen LogP) is 3.52. The minimum atomic E-state index is 0.0455. The number of halogens is 1. The molecule has 0 bridgehead atoms. The first-order valence-electron chi connectivity index (χ1n) is 8.73. The Bertz CT molecular complexity index is 975. The van der Waals surface area contributed by atoms with Crippen LogP contribution in [0.1, 0.15) is 36.0 Å². The number of hydrogen-bond acceptors (Lipinski definition) is 3. The fourth-order valence-electron chi connectivity index (χ4n) is 3.56. The Labute approximate surface area is 154 Å². The van der Waals surface area contributed by atoms with E-state index in [9.17, 15) is 4.79 Å². The minimum Gasteiger partial charge on any atom is -0.361 e. The molecular formula is C19H21BrN4O. The number of benzene rings is 1. The molecule has 0 atom stereocenters. The third-order valence-corrected chi connectivity index (χ3v) is 5.31. The van der Waals surface area contributed by atoms with E-state index in [0.29, 0.717) is 0 Å². The first-order chi connectivity index (χ1) is 12.1. The minimum absolute atomic E-state index is 0.0455. The molecule has 0 amide bonds. The lowest BCUT2D eigenvalue weighted by Crippen LogP contribution is -2.35. The van der Waals surface area contributed by atoms with Gasteiger partial charge in [0.15, 0.2) is 0 Å². The average molecular weight is 401 g/mol. The van der Waals surface area contributed by atoms with Crippen molar-refractivity contribution in [2.75, 3.05) is 6.54 Å². The van der Waals surface area contributed by atoms with Gasteiger partial charge < -0.3 is 9.97 Å². The lowest BCUT2D eigenvalue weighted by Gasteiger charge is -2.27. The van der Waals surface area contributed by atoms with Gasteiger partial charge in [0.2, 0.25) is 0 Å². The van der Waals surface area contributed by atoms with Crippen molar-refractivity contribution in [1.82, 2.24) is 19.9 Å². The summed E-state index contributed by atoms with van der Waals surface area (Å²) in [7, 11) is 0. The molecule has 4 rings (SSSR count). The molecule has 0 unspecified atom stereocenters. The highest BCUT2D eigenvalue weighted by Gasteiger charge is 2.21. The fourth-order valence-corrected chi connectivity index (χ4v) is 3.92. The van der Waals surface area contributed by atoms with Crippen molar-refractivity contribution in [3.05, 3.63) is 61.9 Å². The molecule has 0 saturated heterocycles. The Morgan fingerprint density at radius 1 is 1.36 bits per heavy atom. The maximum absolute atomic E-state index is 12.3. The molecular weight excluding hydrogens is 380 g/mol. The Balaban J connectivity index is 1.59. The summed E-state index contributed by atoms with van der Waals surface area (Å²) < 4.78 is 1.09. The van der Waals surface area contributed by atoms with Gasteiger partial charge in [-0.2, -0.15) is 0 Å². The van der Waals surface area contributed by atoms with Crippen molar-refractivity contribution >= 4 is 26.8 Å². The Morgan fingerprint density at radius 2 is 2.24 bits per heavy atom. The zero-order valence-corrected chi connectivity index (χ0v) is 15.8. The van der Waals surface area contributed by atoms with Crippen LogP contribution in [-0.4, -0.2) is 26.4 Å². The molecule has 3 heterocycles. The van der Waals surface area contributed by atoms with E-state index >= 15 is 0 Å². The number of rotatable bonds is 4. The smallest absolute Gasteiger partial charge is 0.254 e. The molecule has 6 heteroatoms. The largest absolute Gasteiger partial charge is 0.361 e. The van der Waals surface area contributed by atoms with Crippen molar-refractivity contribution in [3.8, 4) is 0 Å². The van der Waals surface area contributed by atoms with Crippen molar-refractivity contribution < 1.29 is 0 Å². The number of aryl methyl sites for hydroxylation is 1. The SMILES string of the molecule is CCCc1nc2c(c(=O)[nH]1)CCN(Cc1c[nH]c3ccc(Br)cc13)C2. The van der Waals surface area contributed by atoms with E-state index in [0.717, 1.165) is 66.0 Å². The van der Waals surface area contributed by atoms with Crippen LogP contribution in [-0.2, 0) is 25.9 Å². The van der Waals surface area contributed by atoms with Crippen LogP contribution in [0.25, 0.3) is 10.9 Å². The number of fused-ring (bicyclic) bond motifs is 2. The van der Waals surface area contributed by atoms with Crippen molar-refractivity contribution in [2.45, 2.75) is 39.3 Å². The van der Waals surface area contributed by atoms with E-state index in [4.69, 9.17) is 4.98 Å². The molecule has 0 fully saturated rings. The van der Waals surface area contributed by atoms with Crippen LogP contribution in [0.2, 0.25) is 0 Å². The Kier molecular flexibility index (Phi) is 4.48. The van der Waals surface area contributed by atoms with Gasteiger partial charge in [0.25, 0.3) is 5.56 Å². The second kappa shape index (κ2) is 6.77. The first-order valence-corrected chi connectivity index (χ1v) is 9.52. The molecule has 2 aromatic heterocycles. The van der Waals surface area contributed by atoms with E-state index in [2.05, 4.69) is 56.1 Å². The van der Waals surface area contributed by atoms with E-state index in [-0.39, 0.29) is 5.56 Å². The normalized spacial score (nSPS) is 14.8. The zero-order chi connectivity index (χ0) is 17.4. The number of aromatic amines is 2. The lowest BCUT2D eigenvalue weighted by atomic mass is 10.1. The van der Waals surface area contributed by atoms with Crippen molar-refractivity contribution in [3.63, 3.8) is 0 Å². The summed E-state index contributed by atoms with van der Waals surface area (Å²) in [4.78, 5) is 25.6. The van der Waals surface area contributed by atoms with Crippen LogP contribution < -0.4 is 5.56 Å². The van der Waals surface area contributed by atoms with Crippen LogP contribution >= 0.6 is 15.9 Å². The summed E-state index contributed by atoms with van der Waals surface area (Å²) in [5.41, 5.74) is 4.27. The number of nitrogens with one attached hydrogen (secondary N) is 2. The van der Waals surface area contributed by atoms with Gasteiger partial charge in [0.05, 0.1) is 5.69 Å². The molecule has 25 heavy (non-hydrogen) atoms. The van der Waals surface area contributed by atoms with Crippen molar-refractivity contribution in [1.29, 1.82) is 0 Å². The highest BCUT2D eigenvalue weighted by Crippen LogP contribution is 2.25. The number of H-pyrrole nitrogens is 2. The summed E-state index contributed by atoms with van der Waals surface area (Å²) >= 11 is 3.55. The van der Waals surface area contributed by atoms with E-state index < -0.39 is 0 Å². The summed E-state index contributed by atoms with van der Waals surface area (Å²) in [5.74, 6) is 0.809. The number of aromatic nitrogens is 3. The summed E-state index contributed by atoms with van der Waals surface area (Å²) in [6.07, 6.45) is 4.64. The van der Waals surface area contributed by atoms with Gasteiger partial charge in [-0.1, -0.05) is 22.9 Å². The monoisotopic (exact) mass is 400 g/mol. The summed E-state index contributed by atoms with van der Waals surface area (Å²) in [6, 6.07) is 6.29. The van der Waals surface area contributed by atoms with Gasteiger partial charge >= 0.3 is 0 Å². The molecule has 0 aliphatic carbocycles. The van der Waals surface area contributed by atoms with Crippen LogP contribution in [0.4, 0.5) is 0 Å². The predicted molar refractivity (Wildman–Crippen MR) is 103 cm³/mol. The third kappa shape index (κ3) is 3.28. The van der Waals surface area contributed by atoms with Gasteiger partial charge in [-0.25, -0.2) is 4.98 Å². The molecule has 3 aromatic rings. The molecule has 0 spiro atoms. The quantitative estimate of drug-likeness (QED) is 0.703. The maximum Gasteiger partial charge on any atom is 0.254 e. The summed E-state index contributed by atoms with van der Waals surface area (Å²) in [5, 5.41) is 1.24. The average Bonchev–Trinajstić information content (AvgIpc) is 2.97. The molecule has 5 nitrogen and oxygen atoms in total. The topological polar surface area (TPSA) is 64.8 Å². The van der Waals surface area contributed by atoms with E-state index in [1.54, 1.807) is 0 Å². The fraction of sp³-hybridized carbons (Fsp3) is 0.368. The molecule has 1 aromatic carbocycles. The van der Waals surface area contributed by atoms with Crippen LogP contribution in [0.15, 0.2) is 33.7 Å². The third-order valence-electron chi connectivity index (χ3n) is 4.81. The number of nitrogens with zero attached hydrogens (tertiary/aromatic N) is 2. The molecule has 130 valence electrons. The second-order valence-corrected chi connectivity index (χ2v) is 7.57. The van der Waals surface area contributed by atoms with Gasteiger partial charge in [-0.3, -0.25) is 9.69 Å². The second-order valence-electron chi connectivity index (χ2n) is 6.65. The molecule has 0 saturated carbocycles. The highest BCUT2D eigenvalue weighted by molar-refractivity contribution is 9.10. The molecule has 2 N–H and O–H groups in total. The molecule has 0 radical (unpaired) electrons. The van der Waals surface area contributed by atoms with Crippen LogP contribution in [0.5, 0.6) is 0 Å². The number of hydrogen-bond donors (Lipinski definition) is 2. The van der Waals surface area contributed by atoms with E-state index in [1.807, 2.05) is 6.07 Å². The van der Waals surface area contributed by atoms with Gasteiger partial charge in [-0.15, -0.1) is 0 Å². The van der Waals surface area contributed by atoms with E-state index in [1.165, 1.54) is 10.9 Å². The van der Waals surface area contributed by atoms with Gasteiger partial charge in [0.1, 0.15) is 5.82 Å². The lowest BCUT2D eigenvalue weighted by molar-refractivity contribution is 0.241. The van der Waals surface area contributed by atoms with Crippen LogP contribution in [0, 0.1) is 0 Å². The molecule has 1 aliphatic heterocycles. The van der Waals surface area contributed by atoms with Crippen LogP contribution in [0.3, 0.4) is 0 Å². The zero-order valence-electron chi connectivity index (χ0n) is 14.2.